The van der Waals surface area contributed by atoms with Crippen LogP contribution < -0.4 is 0 Å². The van der Waals surface area contributed by atoms with Gasteiger partial charge in [-0.1, -0.05) is 22.6 Å². The third-order valence-electron chi connectivity index (χ3n) is 2.68. The Hall–Kier alpha value is -2.06. The predicted molar refractivity (Wildman–Crippen MR) is 70.9 cm³/mol. The van der Waals surface area contributed by atoms with E-state index < -0.39 is 28.6 Å². The number of fused-ring (bicyclic) bond motifs is 1. The SMILES string of the molecule is N#CC(C#N)=C1/C(=C\I)C(=O)c2c(F)ccc(F)c21. The number of hydrogen-bond donors (Lipinski definition) is 0. The van der Waals surface area contributed by atoms with Crippen molar-refractivity contribution in [3.05, 3.63) is 50.1 Å². The van der Waals surface area contributed by atoms with Crippen LogP contribution in [0.2, 0.25) is 0 Å². The summed E-state index contributed by atoms with van der Waals surface area (Å²) in [5.41, 5.74) is -1.35. The van der Waals surface area contributed by atoms with Crippen LogP contribution in [0.25, 0.3) is 5.57 Å². The van der Waals surface area contributed by atoms with Crippen molar-refractivity contribution in [3.8, 4) is 12.1 Å². The molecule has 0 aliphatic heterocycles. The van der Waals surface area contributed by atoms with Crippen molar-refractivity contribution in [2.45, 2.75) is 0 Å². The van der Waals surface area contributed by atoms with Gasteiger partial charge in [-0.2, -0.15) is 10.5 Å². The Balaban J connectivity index is 3.00. The highest BCUT2D eigenvalue weighted by atomic mass is 127. The molecule has 0 radical (unpaired) electrons. The average molecular weight is 368 g/mol. The van der Waals surface area contributed by atoms with Gasteiger partial charge in [0.25, 0.3) is 0 Å². The number of hydrogen-bond acceptors (Lipinski definition) is 3. The Morgan fingerprint density at radius 3 is 2.16 bits per heavy atom. The van der Waals surface area contributed by atoms with Gasteiger partial charge >= 0.3 is 0 Å². The van der Waals surface area contributed by atoms with E-state index in [0.717, 1.165) is 12.1 Å². The summed E-state index contributed by atoms with van der Waals surface area (Å²) in [4.78, 5) is 12.0. The molecule has 0 saturated heterocycles. The van der Waals surface area contributed by atoms with E-state index in [1.807, 2.05) is 0 Å². The largest absolute Gasteiger partial charge is 0.288 e. The maximum Gasteiger partial charge on any atom is 0.197 e. The number of halogens is 3. The third-order valence-corrected chi connectivity index (χ3v) is 3.30. The Bertz CT molecular complexity index is 735. The van der Waals surface area contributed by atoms with Crippen LogP contribution in [0.3, 0.4) is 0 Å². The summed E-state index contributed by atoms with van der Waals surface area (Å²) in [6.45, 7) is 0. The number of carbonyl (C=O) groups excluding carboxylic acids is 1. The Morgan fingerprint density at radius 2 is 1.68 bits per heavy atom. The minimum absolute atomic E-state index is 0.0438. The fraction of sp³-hybridized carbons (Fsp3) is 0. The molecule has 19 heavy (non-hydrogen) atoms. The molecule has 2 rings (SSSR count). The molecule has 1 aliphatic rings. The van der Waals surface area contributed by atoms with Gasteiger partial charge in [0.2, 0.25) is 0 Å². The highest BCUT2D eigenvalue weighted by Gasteiger charge is 2.37. The number of carbonyl (C=O) groups is 1. The number of rotatable bonds is 0. The smallest absolute Gasteiger partial charge is 0.197 e. The van der Waals surface area contributed by atoms with Crippen molar-refractivity contribution in [1.82, 2.24) is 0 Å². The number of benzene rings is 1. The number of ketones is 1. The van der Waals surface area contributed by atoms with Crippen LogP contribution in [0.4, 0.5) is 8.78 Å². The molecule has 92 valence electrons. The summed E-state index contributed by atoms with van der Waals surface area (Å²) >= 11 is 1.73. The zero-order valence-corrected chi connectivity index (χ0v) is 11.3. The minimum atomic E-state index is -0.873. The molecular formula is C13H3F2IN2O. The van der Waals surface area contributed by atoms with Crippen molar-refractivity contribution in [2.75, 3.05) is 0 Å². The topological polar surface area (TPSA) is 64.7 Å². The summed E-state index contributed by atoms with van der Waals surface area (Å²) in [5.74, 6) is -2.43. The molecule has 0 aromatic heterocycles. The van der Waals surface area contributed by atoms with Gasteiger partial charge in [-0.3, -0.25) is 4.79 Å². The summed E-state index contributed by atoms with van der Waals surface area (Å²) in [5, 5.41) is 17.8. The van der Waals surface area contributed by atoms with Crippen LogP contribution in [-0.4, -0.2) is 5.78 Å². The zero-order chi connectivity index (χ0) is 14.2. The fourth-order valence-electron chi connectivity index (χ4n) is 1.90. The second-order valence-corrected chi connectivity index (χ2v) is 4.23. The maximum atomic E-state index is 13.8. The Kier molecular flexibility index (Phi) is 3.45. The molecule has 0 amide bonds. The van der Waals surface area contributed by atoms with Gasteiger partial charge < -0.3 is 0 Å². The molecule has 1 aliphatic carbocycles. The zero-order valence-electron chi connectivity index (χ0n) is 9.17. The number of allylic oxidation sites excluding steroid dienone is 3. The van der Waals surface area contributed by atoms with E-state index >= 15 is 0 Å². The number of Topliss-reactive ketones (excluding diaryl/α,β-unsaturated/α-hetero) is 1. The lowest BCUT2D eigenvalue weighted by Gasteiger charge is -2.02. The van der Waals surface area contributed by atoms with Crippen molar-refractivity contribution in [2.24, 2.45) is 0 Å². The fourth-order valence-corrected chi connectivity index (χ4v) is 2.50. The molecule has 1 aromatic carbocycles. The minimum Gasteiger partial charge on any atom is -0.288 e. The van der Waals surface area contributed by atoms with E-state index in [1.54, 1.807) is 34.7 Å². The molecular weight excluding hydrogens is 365 g/mol. The predicted octanol–water partition coefficient (Wildman–Crippen LogP) is 3.28. The summed E-state index contributed by atoms with van der Waals surface area (Å²) in [6.07, 6.45) is 0. The first-order chi connectivity index (χ1) is 9.06. The normalized spacial score (nSPS) is 15.1. The monoisotopic (exact) mass is 368 g/mol. The van der Waals surface area contributed by atoms with Crippen molar-refractivity contribution >= 4 is 33.9 Å². The lowest BCUT2D eigenvalue weighted by Crippen LogP contribution is -1.99. The molecule has 0 heterocycles. The highest BCUT2D eigenvalue weighted by molar-refractivity contribution is 14.1. The van der Waals surface area contributed by atoms with Crippen LogP contribution in [0, 0.1) is 34.3 Å². The molecule has 0 unspecified atom stereocenters. The highest BCUT2D eigenvalue weighted by Crippen LogP contribution is 2.41. The van der Waals surface area contributed by atoms with Crippen LogP contribution in [-0.2, 0) is 0 Å². The van der Waals surface area contributed by atoms with E-state index in [1.165, 1.54) is 4.08 Å². The Labute approximate surface area is 120 Å². The van der Waals surface area contributed by atoms with Crippen molar-refractivity contribution < 1.29 is 13.6 Å². The van der Waals surface area contributed by atoms with Crippen LogP contribution >= 0.6 is 22.6 Å². The molecule has 0 saturated carbocycles. The van der Waals surface area contributed by atoms with Gasteiger partial charge in [0.1, 0.15) is 29.3 Å². The standard InChI is InChI=1S/C13H3F2IN2O/c14-8-1-2-9(15)12-11(8)10(6(4-17)5-18)7(3-16)13(12)19/h1-3H/b7-3+. The molecule has 0 bridgehead atoms. The van der Waals surface area contributed by atoms with Gasteiger partial charge in [-0.15, -0.1) is 0 Å². The van der Waals surface area contributed by atoms with Crippen LogP contribution in [0.15, 0.2) is 27.4 Å². The van der Waals surface area contributed by atoms with E-state index in [0.29, 0.717) is 0 Å². The number of nitrogens with zero attached hydrogens (tertiary/aromatic N) is 2. The van der Waals surface area contributed by atoms with Gasteiger partial charge in [0.15, 0.2) is 5.78 Å². The first-order valence-electron chi connectivity index (χ1n) is 4.95. The summed E-state index contributed by atoms with van der Waals surface area (Å²) in [6, 6.07) is 4.91. The van der Waals surface area contributed by atoms with Crippen LogP contribution in [0.1, 0.15) is 15.9 Å². The van der Waals surface area contributed by atoms with Gasteiger partial charge in [0.05, 0.1) is 5.56 Å². The third kappa shape index (κ3) is 1.85. The quantitative estimate of drug-likeness (QED) is 0.401. The van der Waals surface area contributed by atoms with Crippen LogP contribution in [0.5, 0.6) is 0 Å². The summed E-state index contributed by atoms with van der Waals surface area (Å²) < 4.78 is 28.8. The molecule has 0 atom stereocenters. The lowest BCUT2D eigenvalue weighted by atomic mass is 10.0. The van der Waals surface area contributed by atoms with E-state index in [-0.39, 0.29) is 16.7 Å². The van der Waals surface area contributed by atoms with Crippen molar-refractivity contribution in [3.63, 3.8) is 0 Å². The molecule has 1 aromatic rings. The first-order valence-corrected chi connectivity index (χ1v) is 6.19. The van der Waals surface area contributed by atoms with Gasteiger partial charge in [-0.25, -0.2) is 8.78 Å². The second kappa shape index (κ2) is 4.90. The lowest BCUT2D eigenvalue weighted by molar-refractivity contribution is 0.104. The molecule has 0 spiro atoms. The molecule has 0 fully saturated rings. The van der Waals surface area contributed by atoms with E-state index in [9.17, 15) is 13.6 Å². The van der Waals surface area contributed by atoms with Gasteiger partial charge in [0, 0.05) is 16.7 Å². The van der Waals surface area contributed by atoms with Gasteiger partial charge in [-0.05, 0) is 16.2 Å². The molecule has 6 heteroatoms. The van der Waals surface area contributed by atoms with E-state index in [2.05, 4.69) is 0 Å². The van der Waals surface area contributed by atoms with Crippen molar-refractivity contribution in [1.29, 1.82) is 10.5 Å². The molecule has 3 nitrogen and oxygen atoms in total. The maximum absolute atomic E-state index is 13.8. The second-order valence-electron chi connectivity index (χ2n) is 3.60. The summed E-state index contributed by atoms with van der Waals surface area (Å²) in [7, 11) is 0. The number of nitriles is 2. The van der Waals surface area contributed by atoms with E-state index in [4.69, 9.17) is 10.5 Å². The molecule has 0 N–H and O–H groups in total. The first kappa shape index (κ1) is 13.4. The Morgan fingerprint density at radius 1 is 1.16 bits per heavy atom. The average Bonchev–Trinajstić information content (AvgIpc) is 2.70.